The normalized spacial score (nSPS) is 21.2. The van der Waals surface area contributed by atoms with Crippen LogP contribution in [0.5, 0.6) is 0 Å². The summed E-state index contributed by atoms with van der Waals surface area (Å²) in [7, 11) is 0. The number of aliphatic hydroxyl groups excluding tert-OH is 7. The average Bonchev–Trinajstić information content (AvgIpc) is 3.27. The molecule has 11 heteroatoms. The number of rotatable bonds is 45. The van der Waals surface area contributed by atoms with Gasteiger partial charge in [0, 0.05) is 0 Å². The third-order valence-corrected chi connectivity index (χ3v) is 13.2. The van der Waals surface area contributed by atoms with E-state index in [1.54, 1.807) is 0 Å². The molecular weight excluding hydrogens is 787 g/mol. The molecule has 11 nitrogen and oxygen atoms in total. The molecule has 8 N–H and O–H groups in total. The number of hydrogen-bond donors (Lipinski definition) is 8. The fraction of sp³-hybridized carbons (Fsp3) is 0.980. The third kappa shape index (κ3) is 30.3. The van der Waals surface area contributed by atoms with Crippen LogP contribution in [0.1, 0.15) is 251 Å². The lowest BCUT2D eigenvalue weighted by molar-refractivity contribution is -0.303. The lowest BCUT2D eigenvalue weighted by atomic mass is 9.98. The summed E-state index contributed by atoms with van der Waals surface area (Å²) < 4.78 is 11.1. The van der Waals surface area contributed by atoms with Crippen molar-refractivity contribution < 1.29 is 50.0 Å². The average molecular weight is 888 g/mol. The van der Waals surface area contributed by atoms with Crippen molar-refractivity contribution in [3.05, 3.63) is 0 Å². The molecule has 9 atom stereocenters. The summed E-state index contributed by atoms with van der Waals surface area (Å²) in [5, 5.41) is 75.9. The van der Waals surface area contributed by atoms with Gasteiger partial charge in [-0.1, -0.05) is 239 Å². The first-order valence-electron chi connectivity index (χ1n) is 26.4. The van der Waals surface area contributed by atoms with Gasteiger partial charge in [-0.15, -0.1) is 0 Å². The first-order valence-corrected chi connectivity index (χ1v) is 26.4. The maximum atomic E-state index is 13.1. The molecule has 0 bridgehead atoms. The maximum absolute atomic E-state index is 13.1. The Kier molecular flexibility index (Phi) is 39.6. The molecule has 1 aliphatic rings. The summed E-state index contributed by atoms with van der Waals surface area (Å²) in [4.78, 5) is 13.1. The minimum absolute atomic E-state index is 0.266. The zero-order chi connectivity index (χ0) is 45.5. The van der Waals surface area contributed by atoms with Crippen molar-refractivity contribution in [2.45, 2.75) is 306 Å². The molecule has 9 unspecified atom stereocenters. The number of ether oxygens (including phenoxy) is 2. The third-order valence-electron chi connectivity index (χ3n) is 13.2. The Morgan fingerprint density at radius 2 is 0.839 bits per heavy atom. The summed E-state index contributed by atoms with van der Waals surface area (Å²) >= 11 is 0. The van der Waals surface area contributed by atoms with Crippen LogP contribution in [0.2, 0.25) is 0 Å². The van der Waals surface area contributed by atoms with E-state index in [1.807, 2.05) is 0 Å². The highest BCUT2D eigenvalue weighted by molar-refractivity contribution is 5.80. The van der Waals surface area contributed by atoms with E-state index >= 15 is 0 Å². The number of nitrogens with one attached hydrogen (secondary N) is 1. The highest BCUT2D eigenvalue weighted by Crippen LogP contribution is 2.23. The monoisotopic (exact) mass is 888 g/mol. The predicted molar refractivity (Wildman–Crippen MR) is 252 cm³/mol. The number of unbranched alkanes of at least 4 members (excludes halogenated alkanes) is 33. The Labute approximate surface area is 379 Å². The van der Waals surface area contributed by atoms with E-state index in [-0.39, 0.29) is 6.42 Å². The van der Waals surface area contributed by atoms with Gasteiger partial charge in [0.25, 0.3) is 0 Å². The van der Waals surface area contributed by atoms with Crippen LogP contribution in [-0.4, -0.2) is 110 Å². The Hall–Kier alpha value is -0.890. The van der Waals surface area contributed by atoms with E-state index in [0.29, 0.717) is 19.3 Å². The number of amides is 1. The molecular formula is C51H101NO10. The molecule has 0 aliphatic carbocycles. The molecule has 62 heavy (non-hydrogen) atoms. The highest BCUT2D eigenvalue weighted by atomic mass is 16.7. The summed E-state index contributed by atoms with van der Waals surface area (Å²) in [6.07, 6.45) is 32.9. The minimum atomic E-state index is -1.66. The van der Waals surface area contributed by atoms with Crippen LogP contribution in [0.25, 0.3) is 0 Å². The van der Waals surface area contributed by atoms with Crippen molar-refractivity contribution >= 4 is 5.91 Å². The lowest BCUT2D eigenvalue weighted by Crippen LogP contribution is -2.60. The quantitative estimate of drug-likeness (QED) is 0.0273. The number of aliphatic hydroxyl groups is 7. The molecule has 0 aromatic rings. The molecule has 0 radical (unpaired) electrons. The molecule has 0 saturated carbocycles. The van der Waals surface area contributed by atoms with Gasteiger partial charge < -0.3 is 50.5 Å². The molecule has 1 aliphatic heterocycles. The Morgan fingerprint density at radius 1 is 0.500 bits per heavy atom. The maximum Gasteiger partial charge on any atom is 0.249 e. The van der Waals surface area contributed by atoms with Crippen LogP contribution in [0.4, 0.5) is 0 Å². The van der Waals surface area contributed by atoms with Crippen molar-refractivity contribution in [2.24, 2.45) is 0 Å². The predicted octanol–water partition coefficient (Wildman–Crippen LogP) is 9.84. The van der Waals surface area contributed by atoms with Crippen LogP contribution in [0.3, 0.4) is 0 Å². The molecule has 1 saturated heterocycles. The number of carbonyl (C=O) groups is 1. The van der Waals surface area contributed by atoms with Crippen molar-refractivity contribution in [3.8, 4) is 0 Å². The minimum Gasteiger partial charge on any atom is -0.394 e. The van der Waals surface area contributed by atoms with Gasteiger partial charge in [0.15, 0.2) is 6.29 Å². The Morgan fingerprint density at radius 3 is 1.19 bits per heavy atom. The van der Waals surface area contributed by atoms with Crippen molar-refractivity contribution in [2.75, 3.05) is 13.2 Å². The van der Waals surface area contributed by atoms with Gasteiger partial charge in [-0.2, -0.15) is 0 Å². The second-order valence-electron chi connectivity index (χ2n) is 19.0. The SMILES string of the molecule is CCCCCCCCCCCCCCCCCCCCCCCC(O)C(O)C(COC1OC(CO)C(O)C(O)C1O)NC(=O)C(O)CCCCCCCCCCCCCCCC. The zero-order valence-electron chi connectivity index (χ0n) is 40.1. The standard InChI is InChI=1S/C51H101NO10/c1-3-5-7-9-11-13-15-17-19-20-21-22-23-24-25-27-28-30-32-34-36-38-43(54)46(56)42(41-61-51-49(59)48(58)47(57)45(40-53)62-51)52-50(60)44(55)39-37-35-33-31-29-26-18-16-14-12-10-8-6-4-2/h42-49,51,53-59H,3-41H2,1-2H3,(H,52,60). The van der Waals surface area contributed by atoms with Gasteiger partial charge >= 0.3 is 0 Å². The largest absolute Gasteiger partial charge is 0.394 e. The Bertz CT molecular complexity index is 975. The molecule has 1 heterocycles. The van der Waals surface area contributed by atoms with E-state index < -0.39 is 74.2 Å². The molecule has 1 fully saturated rings. The fourth-order valence-electron chi connectivity index (χ4n) is 8.80. The van der Waals surface area contributed by atoms with Gasteiger partial charge in [-0.25, -0.2) is 0 Å². The van der Waals surface area contributed by atoms with E-state index in [4.69, 9.17) is 9.47 Å². The van der Waals surface area contributed by atoms with E-state index in [2.05, 4.69) is 19.2 Å². The van der Waals surface area contributed by atoms with Gasteiger partial charge in [0.1, 0.15) is 36.6 Å². The summed E-state index contributed by atoms with van der Waals surface area (Å²) in [6.45, 7) is 3.47. The van der Waals surface area contributed by atoms with E-state index in [1.165, 1.54) is 173 Å². The van der Waals surface area contributed by atoms with Gasteiger partial charge in [-0.3, -0.25) is 4.79 Å². The summed E-state index contributed by atoms with van der Waals surface area (Å²) in [5.74, 6) is -0.692. The van der Waals surface area contributed by atoms with Crippen LogP contribution in [-0.2, 0) is 14.3 Å². The van der Waals surface area contributed by atoms with Crippen molar-refractivity contribution in [1.82, 2.24) is 5.32 Å². The smallest absolute Gasteiger partial charge is 0.249 e. The molecule has 1 amide bonds. The van der Waals surface area contributed by atoms with Gasteiger partial charge in [0.2, 0.25) is 5.91 Å². The molecule has 370 valence electrons. The topological polar surface area (TPSA) is 189 Å². The zero-order valence-corrected chi connectivity index (χ0v) is 40.1. The van der Waals surface area contributed by atoms with Crippen molar-refractivity contribution in [1.29, 1.82) is 0 Å². The molecule has 0 spiro atoms. The fourth-order valence-corrected chi connectivity index (χ4v) is 8.80. The van der Waals surface area contributed by atoms with Gasteiger partial charge in [0.05, 0.1) is 25.4 Å². The van der Waals surface area contributed by atoms with Crippen LogP contribution < -0.4 is 5.32 Å². The second-order valence-corrected chi connectivity index (χ2v) is 19.0. The molecule has 1 rings (SSSR count). The van der Waals surface area contributed by atoms with Crippen molar-refractivity contribution in [3.63, 3.8) is 0 Å². The summed E-state index contributed by atoms with van der Waals surface area (Å²) in [6, 6.07) is -1.16. The molecule has 0 aromatic carbocycles. The second kappa shape index (κ2) is 41.5. The Balaban J connectivity index is 2.35. The number of hydrogen-bond acceptors (Lipinski definition) is 10. The highest BCUT2D eigenvalue weighted by Gasteiger charge is 2.44. The van der Waals surface area contributed by atoms with Crippen LogP contribution in [0.15, 0.2) is 0 Å². The van der Waals surface area contributed by atoms with Crippen LogP contribution >= 0.6 is 0 Å². The van der Waals surface area contributed by atoms with Crippen LogP contribution in [0, 0.1) is 0 Å². The number of carbonyl (C=O) groups excluding carboxylic acids is 1. The van der Waals surface area contributed by atoms with Gasteiger partial charge in [-0.05, 0) is 12.8 Å². The summed E-state index contributed by atoms with van der Waals surface area (Å²) in [5.41, 5.74) is 0. The lowest BCUT2D eigenvalue weighted by Gasteiger charge is -2.40. The first-order chi connectivity index (χ1) is 30.2. The molecule has 0 aromatic heterocycles. The van der Waals surface area contributed by atoms with E-state index in [9.17, 15) is 40.5 Å². The first kappa shape index (κ1) is 59.1. The van der Waals surface area contributed by atoms with E-state index in [0.717, 1.165) is 38.5 Å².